The van der Waals surface area contributed by atoms with Crippen molar-refractivity contribution in [3.05, 3.63) is 33.8 Å². The van der Waals surface area contributed by atoms with Gasteiger partial charge in [-0.3, -0.25) is 4.79 Å². The van der Waals surface area contributed by atoms with Crippen LogP contribution in [0.2, 0.25) is 10.0 Å². The van der Waals surface area contributed by atoms with E-state index >= 15 is 0 Å². The molecule has 3 rings (SSSR count). The Morgan fingerprint density at radius 3 is 2.90 bits per heavy atom. The summed E-state index contributed by atoms with van der Waals surface area (Å²) in [6.45, 7) is 2.78. The monoisotopic (exact) mass is 326 g/mol. The zero-order chi connectivity index (χ0) is 15.0. The van der Waals surface area contributed by atoms with Crippen molar-refractivity contribution in [2.24, 2.45) is 11.8 Å². The Morgan fingerprint density at radius 2 is 2.19 bits per heavy atom. The third-order valence-electron chi connectivity index (χ3n) is 4.57. The van der Waals surface area contributed by atoms with Crippen LogP contribution >= 0.6 is 23.2 Å². The fraction of sp³-hybridized carbons (Fsp3) is 0.562. The SMILES string of the molecule is CNC[C@@H]1CCN(C(=O)[C@@H]2C[C@H]2c2ccc(Cl)c(Cl)c2)C1. The Bertz CT molecular complexity index is 549. The Hall–Kier alpha value is -0.770. The first-order chi connectivity index (χ1) is 10.1. The summed E-state index contributed by atoms with van der Waals surface area (Å²) in [5.41, 5.74) is 1.13. The summed E-state index contributed by atoms with van der Waals surface area (Å²) in [4.78, 5) is 14.6. The van der Waals surface area contributed by atoms with E-state index in [2.05, 4.69) is 5.32 Å². The number of halogens is 2. The van der Waals surface area contributed by atoms with Gasteiger partial charge in [-0.25, -0.2) is 0 Å². The van der Waals surface area contributed by atoms with Crippen LogP contribution in [-0.4, -0.2) is 37.5 Å². The Balaban J connectivity index is 1.60. The van der Waals surface area contributed by atoms with E-state index in [1.165, 1.54) is 0 Å². The first kappa shape index (κ1) is 15.1. The summed E-state index contributed by atoms with van der Waals surface area (Å²) in [5, 5.41) is 4.33. The molecule has 5 heteroatoms. The lowest BCUT2D eigenvalue weighted by atomic mass is 10.1. The Morgan fingerprint density at radius 1 is 1.38 bits per heavy atom. The molecule has 0 aromatic heterocycles. The highest BCUT2D eigenvalue weighted by Gasteiger charge is 2.46. The predicted octanol–water partition coefficient (Wildman–Crippen LogP) is 3.16. The molecule has 114 valence electrons. The first-order valence-corrected chi connectivity index (χ1v) is 8.24. The van der Waals surface area contributed by atoms with Crippen molar-refractivity contribution in [3.8, 4) is 0 Å². The van der Waals surface area contributed by atoms with Crippen LogP contribution in [0.1, 0.15) is 24.3 Å². The van der Waals surface area contributed by atoms with Crippen molar-refractivity contribution in [1.82, 2.24) is 10.2 Å². The van der Waals surface area contributed by atoms with Gasteiger partial charge in [0, 0.05) is 19.0 Å². The number of nitrogens with one attached hydrogen (secondary N) is 1. The van der Waals surface area contributed by atoms with Gasteiger partial charge in [0.05, 0.1) is 10.0 Å². The van der Waals surface area contributed by atoms with E-state index in [-0.39, 0.29) is 5.92 Å². The fourth-order valence-corrected chi connectivity index (χ4v) is 3.61. The van der Waals surface area contributed by atoms with E-state index in [1.807, 2.05) is 30.1 Å². The molecule has 3 atom stereocenters. The van der Waals surface area contributed by atoms with E-state index in [9.17, 15) is 4.79 Å². The number of carbonyl (C=O) groups is 1. The molecule has 1 aliphatic heterocycles. The lowest BCUT2D eigenvalue weighted by Gasteiger charge is -2.16. The second-order valence-electron chi connectivity index (χ2n) is 6.12. The van der Waals surface area contributed by atoms with Gasteiger partial charge in [0.1, 0.15) is 0 Å². The summed E-state index contributed by atoms with van der Waals surface area (Å²) in [6, 6.07) is 5.70. The third kappa shape index (κ3) is 3.20. The number of amides is 1. The number of nitrogens with zero attached hydrogens (tertiary/aromatic N) is 1. The topological polar surface area (TPSA) is 32.3 Å². The Labute approximate surface area is 135 Å². The van der Waals surface area contributed by atoms with Crippen molar-refractivity contribution < 1.29 is 4.79 Å². The van der Waals surface area contributed by atoms with Crippen molar-refractivity contribution in [1.29, 1.82) is 0 Å². The van der Waals surface area contributed by atoms with E-state index < -0.39 is 0 Å². The predicted molar refractivity (Wildman–Crippen MR) is 85.9 cm³/mol. The second-order valence-corrected chi connectivity index (χ2v) is 6.93. The molecule has 1 heterocycles. The zero-order valence-electron chi connectivity index (χ0n) is 12.1. The number of carbonyl (C=O) groups excluding carboxylic acids is 1. The summed E-state index contributed by atoms with van der Waals surface area (Å²) >= 11 is 12.0. The quantitative estimate of drug-likeness (QED) is 0.921. The number of hydrogen-bond donors (Lipinski definition) is 1. The van der Waals surface area contributed by atoms with Crippen molar-refractivity contribution >= 4 is 29.1 Å². The van der Waals surface area contributed by atoms with Crippen LogP contribution in [0.4, 0.5) is 0 Å². The number of benzene rings is 1. The fourth-order valence-electron chi connectivity index (χ4n) is 3.30. The molecule has 1 saturated heterocycles. The van der Waals surface area contributed by atoms with E-state index in [1.54, 1.807) is 0 Å². The van der Waals surface area contributed by atoms with Crippen molar-refractivity contribution in [3.63, 3.8) is 0 Å². The first-order valence-electron chi connectivity index (χ1n) is 7.48. The molecular weight excluding hydrogens is 307 g/mol. The molecule has 1 amide bonds. The van der Waals surface area contributed by atoms with Crippen LogP contribution in [0.15, 0.2) is 18.2 Å². The molecule has 1 saturated carbocycles. The molecule has 0 bridgehead atoms. The second kappa shape index (κ2) is 6.15. The molecular formula is C16H20Cl2N2O. The number of rotatable bonds is 4. The summed E-state index contributed by atoms with van der Waals surface area (Å²) in [5.74, 6) is 1.36. The molecule has 0 unspecified atom stereocenters. The molecule has 1 aliphatic carbocycles. The number of likely N-dealkylation sites (tertiary alicyclic amines) is 1. The van der Waals surface area contributed by atoms with Gasteiger partial charge < -0.3 is 10.2 Å². The molecule has 2 fully saturated rings. The average molecular weight is 327 g/mol. The van der Waals surface area contributed by atoms with Gasteiger partial charge in [-0.05, 0) is 56.0 Å². The highest BCUT2D eigenvalue weighted by atomic mass is 35.5. The number of hydrogen-bond acceptors (Lipinski definition) is 2. The van der Waals surface area contributed by atoms with E-state index in [0.717, 1.165) is 38.0 Å². The van der Waals surface area contributed by atoms with Crippen molar-refractivity contribution in [2.75, 3.05) is 26.7 Å². The van der Waals surface area contributed by atoms with Gasteiger partial charge in [-0.15, -0.1) is 0 Å². The van der Waals surface area contributed by atoms with Crippen LogP contribution in [0.5, 0.6) is 0 Å². The average Bonchev–Trinajstić information content (AvgIpc) is 3.13. The largest absolute Gasteiger partial charge is 0.342 e. The lowest BCUT2D eigenvalue weighted by molar-refractivity contribution is -0.131. The minimum absolute atomic E-state index is 0.135. The summed E-state index contributed by atoms with van der Waals surface area (Å²) < 4.78 is 0. The van der Waals surface area contributed by atoms with Gasteiger partial charge in [0.2, 0.25) is 5.91 Å². The molecule has 21 heavy (non-hydrogen) atoms. The van der Waals surface area contributed by atoms with Crippen molar-refractivity contribution in [2.45, 2.75) is 18.8 Å². The van der Waals surface area contributed by atoms with Gasteiger partial charge >= 0.3 is 0 Å². The molecule has 0 radical (unpaired) electrons. The van der Waals surface area contributed by atoms with Crippen LogP contribution in [0.25, 0.3) is 0 Å². The minimum Gasteiger partial charge on any atom is -0.342 e. The minimum atomic E-state index is 0.135. The maximum Gasteiger partial charge on any atom is 0.226 e. The molecule has 1 N–H and O–H groups in total. The highest BCUT2D eigenvalue weighted by Crippen LogP contribution is 2.49. The standard InChI is InChI=1S/C16H20Cl2N2O/c1-19-8-10-4-5-20(9-10)16(21)13-7-12(13)11-2-3-14(17)15(18)6-11/h2-3,6,10,12-13,19H,4-5,7-9H2,1H3/t10-,12-,13+/m0/s1. The summed E-state index contributed by atoms with van der Waals surface area (Å²) in [7, 11) is 1.96. The van der Waals surface area contributed by atoms with Gasteiger partial charge in [0.15, 0.2) is 0 Å². The van der Waals surface area contributed by atoms with E-state index in [4.69, 9.17) is 23.2 Å². The molecule has 1 aromatic rings. The maximum absolute atomic E-state index is 12.5. The molecule has 2 aliphatic rings. The van der Waals surface area contributed by atoms with Crippen LogP contribution in [-0.2, 0) is 4.79 Å². The van der Waals surface area contributed by atoms with Crippen LogP contribution in [0, 0.1) is 11.8 Å². The maximum atomic E-state index is 12.5. The van der Waals surface area contributed by atoms with Crippen LogP contribution < -0.4 is 5.32 Å². The van der Waals surface area contributed by atoms with Gasteiger partial charge in [-0.1, -0.05) is 29.3 Å². The normalized spacial score (nSPS) is 28.0. The zero-order valence-corrected chi connectivity index (χ0v) is 13.6. The third-order valence-corrected chi connectivity index (χ3v) is 5.31. The smallest absolute Gasteiger partial charge is 0.226 e. The van der Waals surface area contributed by atoms with E-state index in [0.29, 0.717) is 27.8 Å². The van der Waals surface area contributed by atoms with Crippen LogP contribution in [0.3, 0.4) is 0 Å². The Kier molecular flexibility index (Phi) is 4.43. The molecule has 0 spiro atoms. The summed E-state index contributed by atoms with van der Waals surface area (Å²) in [6.07, 6.45) is 2.04. The highest BCUT2D eigenvalue weighted by molar-refractivity contribution is 6.42. The molecule has 3 nitrogen and oxygen atoms in total. The molecule has 1 aromatic carbocycles. The van der Waals surface area contributed by atoms with Gasteiger partial charge in [-0.2, -0.15) is 0 Å². The van der Waals surface area contributed by atoms with Gasteiger partial charge in [0.25, 0.3) is 0 Å². The lowest BCUT2D eigenvalue weighted by Crippen LogP contribution is -2.31.